The SMILES string of the molecule is CC(C)(C)c1ccc(S(=O)(=O)Nc2ccc(Cl)cc2-n2cc(C(=O)O)nn2)cc1.CCOC(=O)c1cn(-c2cc(Cl)ccc2NS(=O)(=O)c2ccc(C(C)(C)C)cc2)nn1. The second kappa shape index (κ2) is 17.8. The molecule has 4 aromatic carbocycles. The van der Waals surface area contributed by atoms with E-state index in [0.717, 1.165) is 15.8 Å². The number of benzene rings is 4. The molecule has 60 heavy (non-hydrogen) atoms. The fraction of sp³-hybridized carbons (Fsp3) is 0.250. The first-order valence-electron chi connectivity index (χ1n) is 18.1. The number of ether oxygens (including phenoxy) is 1. The number of aromatic nitrogens is 6. The molecule has 0 saturated carbocycles. The van der Waals surface area contributed by atoms with Gasteiger partial charge in [-0.3, -0.25) is 9.44 Å². The smallest absolute Gasteiger partial charge is 0.360 e. The fourth-order valence-electron chi connectivity index (χ4n) is 5.40. The quantitative estimate of drug-likeness (QED) is 0.106. The van der Waals surface area contributed by atoms with Crippen molar-refractivity contribution in [3.05, 3.63) is 130 Å². The maximum absolute atomic E-state index is 13.0. The van der Waals surface area contributed by atoms with E-state index in [0.29, 0.717) is 15.7 Å². The van der Waals surface area contributed by atoms with E-state index < -0.39 is 32.0 Å². The Kier molecular flexibility index (Phi) is 13.4. The van der Waals surface area contributed by atoms with Crippen molar-refractivity contribution in [3.8, 4) is 11.4 Å². The first-order chi connectivity index (χ1) is 28.0. The van der Waals surface area contributed by atoms with Crippen LogP contribution in [0.4, 0.5) is 11.4 Å². The molecule has 316 valence electrons. The number of hydrogen-bond donors (Lipinski definition) is 3. The van der Waals surface area contributed by atoms with E-state index in [1.54, 1.807) is 49.4 Å². The van der Waals surface area contributed by atoms with Gasteiger partial charge >= 0.3 is 11.9 Å². The van der Waals surface area contributed by atoms with E-state index in [-0.39, 0.29) is 55.7 Å². The highest BCUT2D eigenvalue weighted by Gasteiger charge is 2.23. The molecular formula is C40H42Cl2N8O8S2. The van der Waals surface area contributed by atoms with Crippen LogP contribution in [0.5, 0.6) is 0 Å². The van der Waals surface area contributed by atoms with Crippen molar-refractivity contribution in [2.24, 2.45) is 0 Å². The van der Waals surface area contributed by atoms with E-state index in [1.165, 1.54) is 59.5 Å². The molecule has 6 rings (SSSR count). The van der Waals surface area contributed by atoms with E-state index in [2.05, 4.69) is 50.8 Å². The highest BCUT2D eigenvalue weighted by molar-refractivity contribution is 7.93. The number of anilines is 2. The van der Waals surface area contributed by atoms with Crippen LogP contribution in [0.3, 0.4) is 0 Å². The number of nitrogens with one attached hydrogen (secondary N) is 2. The van der Waals surface area contributed by atoms with Gasteiger partial charge in [0.1, 0.15) is 0 Å². The fourth-order valence-corrected chi connectivity index (χ4v) is 7.88. The lowest BCUT2D eigenvalue weighted by Crippen LogP contribution is -2.16. The van der Waals surface area contributed by atoms with Gasteiger partial charge in [0.05, 0.1) is 51.5 Å². The van der Waals surface area contributed by atoms with Crippen LogP contribution in [-0.2, 0) is 35.6 Å². The summed E-state index contributed by atoms with van der Waals surface area (Å²) < 4.78 is 64.0. The van der Waals surface area contributed by atoms with E-state index in [4.69, 9.17) is 33.0 Å². The van der Waals surface area contributed by atoms with Gasteiger partial charge in [-0.05, 0) is 89.5 Å². The summed E-state index contributed by atoms with van der Waals surface area (Å²) in [5.41, 5.74) is 2.50. The first-order valence-corrected chi connectivity index (χ1v) is 21.8. The van der Waals surface area contributed by atoms with Crippen LogP contribution in [-0.4, -0.2) is 70.5 Å². The molecule has 0 spiro atoms. The molecule has 0 unspecified atom stereocenters. The summed E-state index contributed by atoms with van der Waals surface area (Å²) in [5, 5.41) is 24.7. The molecule has 2 aromatic heterocycles. The molecule has 0 aliphatic heterocycles. The van der Waals surface area contributed by atoms with E-state index >= 15 is 0 Å². The monoisotopic (exact) mass is 896 g/mol. The van der Waals surface area contributed by atoms with Crippen LogP contribution < -0.4 is 9.44 Å². The summed E-state index contributed by atoms with van der Waals surface area (Å²) in [6, 6.07) is 22.4. The predicted octanol–water partition coefficient (Wildman–Crippen LogP) is 7.91. The summed E-state index contributed by atoms with van der Waals surface area (Å²) in [7, 11) is -7.78. The molecule has 16 nitrogen and oxygen atoms in total. The highest BCUT2D eigenvalue weighted by atomic mass is 35.5. The third-order valence-electron chi connectivity index (χ3n) is 8.65. The minimum Gasteiger partial charge on any atom is -0.476 e. The predicted molar refractivity (Wildman–Crippen MR) is 228 cm³/mol. The Morgan fingerprint density at radius 3 is 1.38 bits per heavy atom. The van der Waals surface area contributed by atoms with Crippen molar-refractivity contribution < 1.29 is 36.3 Å². The Morgan fingerprint density at radius 1 is 0.650 bits per heavy atom. The van der Waals surface area contributed by atoms with Gasteiger partial charge in [0.15, 0.2) is 11.4 Å². The Bertz CT molecular complexity index is 2740. The summed E-state index contributed by atoms with van der Waals surface area (Å²) in [4.78, 5) is 23.1. The summed E-state index contributed by atoms with van der Waals surface area (Å²) in [6.45, 7) is 14.2. The van der Waals surface area contributed by atoms with Crippen molar-refractivity contribution in [2.45, 2.75) is 69.1 Å². The molecule has 0 atom stereocenters. The van der Waals surface area contributed by atoms with Crippen LogP contribution in [0.15, 0.2) is 107 Å². The Morgan fingerprint density at radius 2 is 1.03 bits per heavy atom. The number of sulfonamides is 2. The maximum atomic E-state index is 13.0. The number of carboxylic acids is 1. The molecule has 0 aliphatic carbocycles. The molecule has 0 fully saturated rings. The number of nitrogens with zero attached hydrogens (tertiary/aromatic N) is 6. The van der Waals surface area contributed by atoms with Gasteiger partial charge in [-0.25, -0.2) is 35.8 Å². The second-order valence-electron chi connectivity index (χ2n) is 15.2. The normalized spacial score (nSPS) is 11.9. The van der Waals surface area contributed by atoms with Crippen molar-refractivity contribution in [1.29, 1.82) is 0 Å². The molecular weight excluding hydrogens is 856 g/mol. The van der Waals surface area contributed by atoms with Crippen molar-refractivity contribution in [2.75, 3.05) is 16.1 Å². The van der Waals surface area contributed by atoms with Gasteiger partial charge in [-0.15, -0.1) is 10.2 Å². The average molecular weight is 898 g/mol. The molecule has 0 bridgehead atoms. The zero-order chi connectivity index (χ0) is 44.2. The van der Waals surface area contributed by atoms with Crippen LogP contribution in [0.2, 0.25) is 10.0 Å². The number of hydrogen-bond acceptors (Lipinski definition) is 11. The lowest BCUT2D eigenvalue weighted by molar-refractivity contribution is 0.0518. The van der Waals surface area contributed by atoms with Gasteiger partial charge in [0.25, 0.3) is 20.0 Å². The van der Waals surface area contributed by atoms with Crippen molar-refractivity contribution in [3.63, 3.8) is 0 Å². The van der Waals surface area contributed by atoms with Crippen LogP contribution >= 0.6 is 23.2 Å². The largest absolute Gasteiger partial charge is 0.476 e. The van der Waals surface area contributed by atoms with Gasteiger partial charge < -0.3 is 9.84 Å². The molecule has 0 radical (unpaired) electrons. The molecule has 0 amide bonds. The zero-order valence-electron chi connectivity index (χ0n) is 33.5. The standard InChI is InChI=1S/C21H23ClN4O4S.C19H19ClN4O4S/c1-5-30-20(27)18-13-26(25-23-18)19-12-15(22)8-11-17(19)24-31(28,29)16-9-6-14(7-10-16)21(2,3)4;1-19(2,3)12-4-7-14(8-5-12)29(27,28)22-15-9-6-13(20)10-17(15)24-11-16(18(25)26)21-23-24/h6-13,24H,5H2,1-4H3;4-11,22H,1-3H3,(H,25,26). The molecule has 2 heterocycles. The molecule has 6 aromatic rings. The number of carboxylic acid groups (broad SMARTS) is 1. The molecule has 0 aliphatic rings. The lowest BCUT2D eigenvalue weighted by Gasteiger charge is -2.19. The summed E-state index contributed by atoms with van der Waals surface area (Å²) >= 11 is 12.1. The Labute approximate surface area is 357 Å². The molecule has 0 saturated heterocycles. The summed E-state index contributed by atoms with van der Waals surface area (Å²) in [6.07, 6.45) is 2.52. The number of halogens is 2. The number of rotatable bonds is 11. The number of carbonyl (C=O) groups is 2. The zero-order valence-corrected chi connectivity index (χ0v) is 36.7. The third kappa shape index (κ3) is 11.1. The van der Waals surface area contributed by atoms with Gasteiger partial charge in [-0.2, -0.15) is 0 Å². The molecule has 20 heteroatoms. The minimum absolute atomic E-state index is 0.00611. The van der Waals surface area contributed by atoms with E-state index in [9.17, 15) is 26.4 Å². The minimum atomic E-state index is -3.90. The van der Waals surface area contributed by atoms with Gasteiger partial charge in [0, 0.05) is 10.0 Å². The van der Waals surface area contributed by atoms with Gasteiger partial charge in [0.2, 0.25) is 0 Å². The molecule has 3 N–H and O–H groups in total. The Balaban J connectivity index is 0.000000228. The highest BCUT2D eigenvalue weighted by Crippen LogP contribution is 2.30. The van der Waals surface area contributed by atoms with Crippen LogP contribution in [0.1, 0.15) is 80.6 Å². The van der Waals surface area contributed by atoms with Crippen LogP contribution in [0.25, 0.3) is 11.4 Å². The topological polar surface area (TPSA) is 217 Å². The van der Waals surface area contributed by atoms with Crippen LogP contribution in [0, 0.1) is 0 Å². The average Bonchev–Trinajstić information content (AvgIpc) is 3.88. The van der Waals surface area contributed by atoms with Crippen molar-refractivity contribution in [1.82, 2.24) is 30.0 Å². The lowest BCUT2D eigenvalue weighted by atomic mass is 9.87. The summed E-state index contributed by atoms with van der Waals surface area (Å²) in [5.74, 6) is -1.88. The Hall–Kier alpha value is -5.82. The van der Waals surface area contributed by atoms with E-state index in [1.807, 2.05) is 20.8 Å². The van der Waals surface area contributed by atoms with Gasteiger partial charge in [-0.1, -0.05) is 99.4 Å². The second-order valence-corrected chi connectivity index (χ2v) is 19.4. The number of carbonyl (C=O) groups excluding carboxylic acids is 1. The third-order valence-corrected chi connectivity index (χ3v) is 11.9. The maximum Gasteiger partial charge on any atom is 0.360 e. The first kappa shape index (κ1) is 45.3. The van der Waals surface area contributed by atoms with Crippen molar-refractivity contribution >= 4 is 66.6 Å². The number of aromatic carboxylic acids is 1. The number of esters is 1.